The lowest BCUT2D eigenvalue weighted by atomic mass is 9.92. The van der Waals surface area contributed by atoms with Crippen LogP contribution in [0.25, 0.3) is 0 Å². The maximum absolute atomic E-state index is 12.9. The second kappa shape index (κ2) is 9.41. The number of likely N-dealkylation sites (N-methyl/N-ethyl adjacent to an activating group) is 1. The number of rotatable bonds is 4. The minimum Gasteiger partial charge on any atom is -0.508 e. The van der Waals surface area contributed by atoms with Crippen molar-refractivity contribution in [3.8, 4) is 5.75 Å². The van der Waals surface area contributed by atoms with E-state index in [-0.39, 0.29) is 11.9 Å². The van der Waals surface area contributed by atoms with Gasteiger partial charge in [-0.25, -0.2) is 0 Å². The van der Waals surface area contributed by atoms with Crippen LogP contribution in [0.3, 0.4) is 0 Å². The van der Waals surface area contributed by atoms with Gasteiger partial charge in [0.25, 0.3) is 5.91 Å². The minimum absolute atomic E-state index is 0.0495. The molecule has 2 saturated heterocycles. The monoisotopic (exact) mass is 421 g/mol. The summed E-state index contributed by atoms with van der Waals surface area (Å²) in [5.41, 5.74) is 2.78. The third kappa shape index (κ3) is 4.63. The Morgan fingerprint density at radius 3 is 2.29 bits per heavy atom. The molecule has 0 radical (unpaired) electrons. The van der Waals surface area contributed by atoms with Crippen LogP contribution < -0.4 is 0 Å². The van der Waals surface area contributed by atoms with Crippen molar-refractivity contribution in [1.82, 2.24) is 14.7 Å². The molecule has 0 aromatic heterocycles. The first kappa shape index (κ1) is 21.8. The highest BCUT2D eigenvalue weighted by molar-refractivity contribution is 5.94. The van der Waals surface area contributed by atoms with E-state index in [4.69, 9.17) is 0 Å². The summed E-state index contributed by atoms with van der Waals surface area (Å²) in [5, 5.41) is 10.7. The summed E-state index contributed by atoms with van der Waals surface area (Å²) in [6.45, 7) is 8.13. The van der Waals surface area contributed by atoms with Crippen molar-refractivity contribution in [3.05, 3.63) is 65.2 Å². The maximum Gasteiger partial charge on any atom is 0.253 e. The van der Waals surface area contributed by atoms with Crippen molar-refractivity contribution in [2.45, 2.75) is 51.2 Å². The normalized spacial score (nSPS) is 24.2. The smallest absolute Gasteiger partial charge is 0.253 e. The van der Waals surface area contributed by atoms with Crippen LogP contribution in [-0.4, -0.2) is 71.0 Å². The standard InChI is InChI=1S/C26H35N3O2/c1-19-18-29(20(2)17-27(19)3)25(23-9-5-6-10-24(23)30)21-11-13-22(14-12-21)26(31)28-15-7-4-8-16-28/h5-6,9-14,19-20,25,30H,4,7-8,15-18H2,1-3H3/t19-,20-,25+/m1/s1. The van der Waals surface area contributed by atoms with Gasteiger partial charge in [-0.3, -0.25) is 9.69 Å². The van der Waals surface area contributed by atoms with Gasteiger partial charge in [0.05, 0.1) is 6.04 Å². The van der Waals surface area contributed by atoms with Crippen LogP contribution in [0.15, 0.2) is 48.5 Å². The predicted octanol–water partition coefficient (Wildman–Crippen LogP) is 4.13. The maximum atomic E-state index is 12.9. The van der Waals surface area contributed by atoms with Gasteiger partial charge in [-0.2, -0.15) is 0 Å². The van der Waals surface area contributed by atoms with Gasteiger partial charge in [-0.05, 0) is 63.9 Å². The fraction of sp³-hybridized carbons (Fsp3) is 0.500. The Bertz CT molecular complexity index is 892. The highest BCUT2D eigenvalue weighted by Crippen LogP contribution is 2.37. The number of benzene rings is 2. The molecule has 2 fully saturated rings. The van der Waals surface area contributed by atoms with E-state index in [0.29, 0.717) is 17.8 Å². The van der Waals surface area contributed by atoms with Crippen molar-refractivity contribution in [2.75, 3.05) is 33.2 Å². The molecule has 0 spiro atoms. The zero-order valence-electron chi connectivity index (χ0n) is 19.0. The molecule has 2 aromatic carbocycles. The number of phenolic OH excluding ortho intramolecular Hbond substituents is 1. The molecule has 0 saturated carbocycles. The van der Waals surface area contributed by atoms with Crippen molar-refractivity contribution in [1.29, 1.82) is 0 Å². The second-order valence-electron chi connectivity index (χ2n) is 9.27. The Labute approximate surface area is 186 Å². The molecule has 0 unspecified atom stereocenters. The summed E-state index contributed by atoms with van der Waals surface area (Å²) in [5.74, 6) is 0.451. The van der Waals surface area contributed by atoms with E-state index in [1.54, 1.807) is 6.07 Å². The number of amides is 1. The number of carbonyl (C=O) groups is 1. The number of likely N-dealkylation sites (tertiary alicyclic amines) is 1. The van der Waals surface area contributed by atoms with Crippen LogP contribution >= 0.6 is 0 Å². The van der Waals surface area contributed by atoms with Crippen LogP contribution in [-0.2, 0) is 0 Å². The van der Waals surface area contributed by atoms with Crippen LogP contribution in [0.2, 0.25) is 0 Å². The number of carbonyl (C=O) groups excluding carboxylic acids is 1. The molecule has 4 rings (SSSR count). The first-order chi connectivity index (χ1) is 15.0. The number of piperazine rings is 1. The number of hydrogen-bond donors (Lipinski definition) is 1. The topological polar surface area (TPSA) is 47.0 Å². The number of aromatic hydroxyl groups is 1. The zero-order valence-corrected chi connectivity index (χ0v) is 19.0. The van der Waals surface area contributed by atoms with Gasteiger partial charge in [-0.1, -0.05) is 30.3 Å². The SMILES string of the molecule is C[C@@H]1CN([C@@H](c2ccc(C(=O)N3CCCCC3)cc2)c2ccccc2O)[C@H](C)CN1C. The van der Waals surface area contributed by atoms with Gasteiger partial charge in [-0.15, -0.1) is 0 Å². The molecule has 2 aromatic rings. The Hall–Kier alpha value is -2.37. The van der Waals surface area contributed by atoms with Gasteiger partial charge >= 0.3 is 0 Å². The highest BCUT2D eigenvalue weighted by Gasteiger charge is 2.34. The van der Waals surface area contributed by atoms with Crippen molar-refractivity contribution in [3.63, 3.8) is 0 Å². The number of hydrogen-bond acceptors (Lipinski definition) is 4. The summed E-state index contributed by atoms with van der Waals surface area (Å²) in [6, 6.07) is 16.4. The van der Waals surface area contributed by atoms with E-state index in [1.807, 2.05) is 35.2 Å². The van der Waals surface area contributed by atoms with E-state index in [9.17, 15) is 9.90 Å². The highest BCUT2D eigenvalue weighted by atomic mass is 16.3. The molecule has 5 nitrogen and oxygen atoms in total. The second-order valence-corrected chi connectivity index (χ2v) is 9.27. The van der Waals surface area contributed by atoms with Gasteiger partial charge in [0, 0.05) is 49.4 Å². The van der Waals surface area contributed by atoms with Crippen LogP contribution in [0.4, 0.5) is 0 Å². The fourth-order valence-corrected chi connectivity index (χ4v) is 5.04. The van der Waals surface area contributed by atoms with E-state index in [2.05, 4.69) is 42.8 Å². The third-order valence-electron chi connectivity index (χ3n) is 7.03. The summed E-state index contributed by atoms with van der Waals surface area (Å²) in [7, 11) is 2.18. The summed E-state index contributed by atoms with van der Waals surface area (Å²) in [6.07, 6.45) is 3.41. The van der Waals surface area contributed by atoms with Crippen molar-refractivity contribution < 1.29 is 9.90 Å². The Kier molecular flexibility index (Phi) is 6.63. The Morgan fingerprint density at radius 2 is 1.61 bits per heavy atom. The van der Waals surface area contributed by atoms with E-state index < -0.39 is 0 Å². The first-order valence-electron chi connectivity index (χ1n) is 11.6. The van der Waals surface area contributed by atoms with Crippen molar-refractivity contribution in [2.24, 2.45) is 0 Å². The van der Waals surface area contributed by atoms with E-state index >= 15 is 0 Å². The molecule has 2 aliphatic heterocycles. The van der Waals surface area contributed by atoms with E-state index in [0.717, 1.165) is 55.7 Å². The van der Waals surface area contributed by atoms with Crippen LogP contribution in [0, 0.1) is 0 Å². The van der Waals surface area contributed by atoms with Gasteiger partial charge in [0.15, 0.2) is 0 Å². The van der Waals surface area contributed by atoms with E-state index in [1.165, 1.54) is 6.42 Å². The molecular weight excluding hydrogens is 386 g/mol. The average Bonchev–Trinajstić information content (AvgIpc) is 2.79. The lowest BCUT2D eigenvalue weighted by Crippen LogP contribution is -2.55. The number of para-hydroxylation sites is 1. The Balaban J connectivity index is 1.65. The number of piperidine rings is 1. The van der Waals surface area contributed by atoms with Gasteiger partial charge in [0.1, 0.15) is 5.75 Å². The predicted molar refractivity (Wildman–Crippen MR) is 124 cm³/mol. The summed E-state index contributed by atoms with van der Waals surface area (Å²) in [4.78, 5) is 19.8. The lowest BCUT2D eigenvalue weighted by Gasteiger charge is -2.46. The molecular formula is C26H35N3O2. The number of nitrogens with zero attached hydrogens (tertiary/aromatic N) is 3. The average molecular weight is 422 g/mol. The Morgan fingerprint density at radius 1 is 0.935 bits per heavy atom. The molecule has 2 heterocycles. The molecule has 2 aliphatic rings. The largest absolute Gasteiger partial charge is 0.508 e. The third-order valence-corrected chi connectivity index (χ3v) is 7.03. The minimum atomic E-state index is -0.0495. The molecule has 1 N–H and O–H groups in total. The zero-order chi connectivity index (χ0) is 22.0. The quantitative estimate of drug-likeness (QED) is 0.806. The van der Waals surface area contributed by atoms with Crippen LogP contribution in [0.5, 0.6) is 5.75 Å². The molecule has 0 bridgehead atoms. The van der Waals surface area contributed by atoms with Crippen LogP contribution in [0.1, 0.15) is 60.6 Å². The lowest BCUT2D eigenvalue weighted by molar-refractivity contribution is 0.0384. The van der Waals surface area contributed by atoms with Crippen molar-refractivity contribution >= 4 is 5.91 Å². The summed E-state index contributed by atoms with van der Waals surface area (Å²) < 4.78 is 0. The molecule has 5 heteroatoms. The first-order valence-corrected chi connectivity index (χ1v) is 11.6. The summed E-state index contributed by atoms with van der Waals surface area (Å²) >= 11 is 0. The molecule has 3 atom stereocenters. The van der Waals surface area contributed by atoms with Gasteiger partial charge < -0.3 is 14.9 Å². The molecule has 31 heavy (non-hydrogen) atoms. The molecule has 166 valence electrons. The molecule has 1 amide bonds. The fourth-order valence-electron chi connectivity index (χ4n) is 5.04. The molecule has 0 aliphatic carbocycles. The number of phenols is 1. The van der Waals surface area contributed by atoms with Gasteiger partial charge in [0.2, 0.25) is 0 Å².